The highest BCUT2D eigenvalue weighted by Gasteiger charge is 2.23. The molecule has 204 valence electrons. The number of aryl methyl sites for hydroxylation is 1. The highest BCUT2D eigenvalue weighted by atomic mass is 32.2. The molecule has 0 spiro atoms. The van der Waals surface area contributed by atoms with E-state index in [4.69, 9.17) is 0 Å². The molecule has 1 aromatic heterocycles. The van der Waals surface area contributed by atoms with Crippen LogP contribution in [-0.2, 0) is 24.2 Å². The second-order valence-corrected chi connectivity index (χ2v) is 10.1. The molecule has 4 rings (SSSR count). The number of hydrogen-bond donors (Lipinski definition) is 3. The second kappa shape index (κ2) is 14.0. The Balaban J connectivity index is 1.39. The van der Waals surface area contributed by atoms with E-state index in [1.807, 2.05) is 42.5 Å². The third-order valence-electron chi connectivity index (χ3n) is 6.15. The Labute approximate surface area is 230 Å². The van der Waals surface area contributed by atoms with Crippen molar-refractivity contribution in [2.45, 2.75) is 43.6 Å². The maximum atomic E-state index is 13.8. The van der Waals surface area contributed by atoms with Crippen molar-refractivity contribution in [2.75, 3.05) is 12.3 Å². The van der Waals surface area contributed by atoms with Crippen molar-refractivity contribution < 1.29 is 18.7 Å². The van der Waals surface area contributed by atoms with Gasteiger partial charge in [-0.1, -0.05) is 61.2 Å². The van der Waals surface area contributed by atoms with Gasteiger partial charge in [0.2, 0.25) is 5.91 Å². The highest BCUT2D eigenvalue weighted by Crippen LogP contribution is 2.19. The van der Waals surface area contributed by atoms with Gasteiger partial charge in [-0.05, 0) is 53.8 Å². The van der Waals surface area contributed by atoms with E-state index in [-0.39, 0.29) is 24.6 Å². The summed E-state index contributed by atoms with van der Waals surface area (Å²) in [5.74, 6) is -1.76. The van der Waals surface area contributed by atoms with Crippen LogP contribution in [0.4, 0.5) is 8.78 Å². The summed E-state index contributed by atoms with van der Waals surface area (Å²) in [5.41, 5.74) is 3.49. The van der Waals surface area contributed by atoms with E-state index in [1.54, 1.807) is 10.9 Å². The van der Waals surface area contributed by atoms with E-state index in [0.717, 1.165) is 23.7 Å². The number of nitrogens with one attached hydrogen (secondary N) is 2. The van der Waals surface area contributed by atoms with Crippen LogP contribution in [0.3, 0.4) is 0 Å². The molecule has 0 fully saturated rings. The zero-order valence-corrected chi connectivity index (χ0v) is 22.4. The number of rotatable bonds is 13. The van der Waals surface area contributed by atoms with Crippen LogP contribution in [0.1, 0.15) is 23.6 Å². The maximum absolute atomic E-state index is 13.8. The van der Waals surface area contributed by atoms with Gasteiger partial charge >= 0.3 is 0 Å². The molecule has 7 nitrogen and oxygen atoms in total. The van der Waals surface area contributed by atoms with Crippen molar-refractivity contribution in [2.24, 2.45) is 0 Å². The average Bonchev–Trinajstić information content (AvgIpc) is 3.40. The number of benzene rings is 3. The van der Waals surface area contributed by atoms with Gasteiger partial charge < -0.3 is 15.7 Å². The molecule has 0 radical (unpaired) electrons. The number of aromatic nitrogens is 3. The quantitative estimate of drug-likeness (QED) is 0.217. The van der Waals surface area contributed by atoms with Gasteiger partial charge in [0.05, 0.1) is 17.9 Å². The lowest BCUT2D eigenvalue weighted by atomic mass is 10.0. The molecule has 0 saturated carbocycles. The molecule has 0 aliphatic heterocycles. The minimum absolute atomic E-state index is 0.0174. The molecular formula is C29H31F2N5O2S. The molecule has 1 amide bonds. The van der Waals surface area contributed by atoms with Crippen LogP contribution < -0.4 is 10.6 Å². The number of thioether (sulfide) groups is 1. The van der Waals surface area contributed by atoms with Crippen LogP contribution in [0.5, 0.6) is 0 Å². The van der Waals surface area contributed by atoms with Crippen molar-refractivity contribution in [3.05, 3.63) is 107 Å². The molecule has 39 heavy (non-hydrogen) atoms. The first-order valence-electron chi connectivity index (χ1n) is 12.7. The monoisotopic (exact) mass is 551 g/mol. The number of para-hydroxylation sites is 1. The Morgan fingerprint density at radius 2 is 1.74 bits per heavy atom. The highest BCUT2D eigenvalue weighted by molar-refractivity contribution is 7.99. The minimum Gasteiger partial charge on any atom is -0.390 e. The molecule has 2 atom stereocenters. The number of aliphatic hydroxyl groups excluding tert-OH is 1. The first-order chi connectivity index (χ1) is 18.9. The lowest BCUT2D eigenvalue weighted by Gasteiger charge is -2.25. The number of halogens is 2. The van der Waals surface area contributed by atoms with E-state index in [1.165, 1.54) is 29.5 Å². The number of hydrogen-bond acceptors (Lipinski definition) is 6. The van der Waals surface area contributed by atoms with Crippen LogP contribution in [0.25, 0.3) is 5.69 Å². The minimum atomic E-state index is -1.01. The maximum Gasteiger partial charge on any atom is 0.230 e. The molecule has 0 aliphatic carbocycles. The van der Waals surface area contributed by atoms with Crippen LogP contribution in [0.2, 0.25) is 0 Å². The van der Waals surface area contributed by atoms with E-state index < -0.39 is 23.8 Å². The van der Waals surface area contributed by atoms with E-state index in [9.17, 15) is 18.7 Å². The van der Waals surface area contributed by atoms with Gasteiger partial charge in [-0.15, -0.1) is 10.2 Å². The van der Waals surface area contributed by atoms with E-state index >= 15 is 0 Å². The normalized spacial score (nSPS) is 12.7. The number of carbonyl (C=O) groups is 1. The molecular weight excluding hydrogens is 520 g/mol. The van der Waals surface area contributed by atoms with Crippen molar-refractivity contribution >= 4 is 17.7 Å². The number of nitrogens with zero attached hydrogens (tertiary/aromatic N) is 3. The van der Waals surface area contributed by atoms with Gasteiger partial charge in [0.25, 0.3) is 0 Å². The van der Waals surface area contributed by atoms with Crippen LogP contribution in [-0.4, -0.2) is 50.2 Å². The summed E-state index contributed by atoms with van der Waals surface area (Å²) in [4.78, 5) is 12.9. The van der Waals surface area contributed by atoms with Crippen molar-refractivity contribution in [3.8, 4) is 5.69 Å². The molecule has 0 saturated heterocycles. The first kappa shape index (κ1) is 28.4. The van der Waals surface area contributed by atoms with Gasteiger partial charge in [0, 0.05) is 24.8 Å². The van der Waals surface area contributed by atoms with Crippen LogP contribution in [0.15, 0.2) is 84.3 Å². The molecule has 3 N–H and O–H groups in total. The SMILES string of the molecule is CCc1cccc(CNC[C@H](O)[C@H](Cc2cc(F)cc(F)c2)NC(=O)CSc2nncn2-c2ccccc2)c1. The lowest BCUT2D eigenvalue weighted by molar-refractivity contribution is -0.120. The Kier molecular flexibility index (Phi) is 10.2. The van der Waals surface area contributed by atoms with Gasteiger partial charge in [-0.3, -0.25) is 9.36 Å². The predicted octanol–water partition coefficient (Wildman–Crippen LogP) is 4.08. The third-order valence-corrected chi connectivity index (χ3v) is 7.10. The Morgan fingerprint density at radius 3 is 2.49 bits per heavy atom. The number of aliphatic hydroxyl groups is 1. The largest absolute Gasteiger partial charge is 0.390 e. The van der Waals surface area contributed by atoms with Crippen molar-refractivity contribution in [1.29, 1.82) is 0 Å². The zero-order valence-electron chi connectivity index (χ0n) is 21.6. The van der Waals surface area contributed by atoms with Crippen molar-refractivity contribution in [3.63, 3.8) is 0 Å². The van der Waals surface area contributed by atoms with E-state index in [2.05, 4.69) is 39.9 Å². The fraction of sp³-hybridized carbons (Fsp3) is 0.276. The molecule has 4 aromatic rings. The third kappa shape index (κ3) is 8.44. The van der Waals surface area contributed by atoms with Gasteiger partial charge in [-0.25, -0.2) is 8.78 Å². The smallest absolute Gasteiger partial charge is 0.230 e. The van der Waals surface area contributed by atoms with E-state index in [0.29, 0.717) is 17.3 Å². The predicted molar refractivity (Wildman–Crippen MR) is 148 cm³/mol. The van der Waals surface area contributed by atoms with Crippen molar-refractivity contribution in [1.82, 2.24) is 25.4 Å². The average molecular weight is 552 g/mol. The summed E-state index contributed by atoms with van der Waals surface area (Å²) in [6, 6.07) is 20.1. The zero-order chi connectivity index (χ0) is 27.6. The van der Waals surface area contributed by atoms with Gasteiger partial charge in [-0.2, -0.15) is 0 Å². The van der Waals surface area contributed by atoms with Gasteiger partial charge in [0.1, 0.15) is 18.0 Å². The lowest BCUT2D eigenvalue weighted by Crippen LogP contribution is -2.49. The Morgan fingerprint density at radius 1 is 1.00 bits per heavy atom. The number of carbonyl (C=O) groups excluding carboxylic acids is 1. The van der Waals surface area contributed by atoms with Gasteiger partial charge in [0.15, 0.2) is 5.16 Å². The Bertz CT molecular complexity index is 1350. The number of amides is 1. The summed E-state index contributed by atoms with van der Waals surface area (Å²) >= 11 is 1.20. The standard InChI is InChI=1S/C29H31F2N5O2S/c1-2-20-7-6-8-21(11-20)16-32-17-27(37)26(14-22-12-23(30)15-24(31)13-22)34-28(38)18-39-29-35-33-19-36(29)25-9-4-3-5-10-25/h3-13,15,19,26-27,32,37H,2,14,16-18H2,1H3,(H,34,38)/t26-,27-/m0/s1. The second-order valence-electron chi connectivity index (χ2n) is 9.14. The van der Waals surface area contributed by atoms with Crippen LogP contribution >= 0.6 is 11.8 Å². The summed E-state index contributed by atoms with van der Waals surface area (Å²) < 4.78 is 29.4. The fourth-order valence-electron chi connectivity index (χ4n) is 4.20. The fourth-order valence-corrected chi connectivity index (χ4v) is 4.94. The first-order valence-corrected chi connectivity index (χ1v) is 13.7. The molecule has 10 heteroatoms. The molecule has 0 bridgehead atoms. The van der Waals surface area contributed by atoms with Crippen LogP contribution in [0, 0.1) is 11.6 Å². The molecule has 3 aromatic carbocycles. The molecule has 0 unspecified atom stereocenters. The topological polar surface area (TPSA) is 92.1 Å². The summed E-state index contributed by atoms with van der Waals surface area (Å²) in [6.07, 6.45) is 1.55. The summed E-state index contributed by atoms with van der Waals surface area (Å²) in [6.45, 7) is 2.79. The molecule has 0 aliphatic rings. The summed E-state index contributed by atoms with van der Waals surface area (Å²) in [7, 11) is 0. The summed E-state index contributed by atoms with van der Waals surface area (Å²) in [5, 5.41) is 25.6. The molecule has 1 heterocycles. The Hall–Kier alpha value is -3.60.